The lowest BCUT2D eigenvalue weighted by atomic mass is 10.0. The summed E-state index contributed by atoms with van der Waals surface area (Å²) in [5, 5.41) is 14.3. The smallest absolute Gasteiger partial charge is 0.415 e. The van der Waals surface area contributed by atoms with E-state index in [1.165, 1.54) is 18.2 Å². The molecule has 1 saturated heterocycles. The maximum atomic E-state index is 13.4. The van der Waals surface area contributed by atoms with Crippen LogP contribution in [0.5, 0.6) is 0 Å². The Morgan fingerprint density at radius 2 is 1.74 bits per heavy atom. The van der Waals surface area contributed by atoms with E-state index in [4.69, 9.17) is 14.2 Å². The number of amides is 2. The lowest BCUT2D eigenvalue weighted by Crippen LogP contribution is -2.59. The largest absolute Gasteiger partial charge is 0.458 e. The summed E-state index contributed by atoms with van der Waals surface area (Å²) in [6.45, 7) is 12.0. The lowest BCUT2D eigenvalue weighted by molar-refractivity contribution is -0.159. The Kier molecular flexibility index (Phi) is 9.75. The molecule has 0 saturated carbocycles. The van der Waals surface area contributed by atoms with Gasteiger partial charge >= 0.3 is 18.2 Å². The number of carbonyl (C=O) groups is 3. The molecule has 15 nitrogen and oxygen atoms in total. The number of aromatic nitrogens is 2. The average Bonchev–Trinajstić information content (AvgIpc) is 3.35. The van der Waals surface area contributed by atoms with Crippen LogP contribution in [0.2, 0.25) is 0 Å². The van der Waals surface area contributed by atoms with Gasteiger partial charge in [-0.1, -0.05) is 0 Å². The van der Waals surface area contributed by atoms with Gasteiger partial charge in [0.25, 0.3) is 5.56 Å². The van der Waals surface area contributed by atoms with Crippen molar-refractivity contribution in [2.75, 3.05) is 37.4 Å². The minimum atomic E-state index is -1.45. The van der Waals surface area contributed by atoms with Crippen molar-refractivity contribution >= 4 is 41.9 Å². The molecule has 0 radical (unpaired) electrons. The molecule has 1 aromatic heterocycles. The van der Waals surface area contributed by atoms with Crippen molar-refractivity contribution in [1.29, 1.82) is 0 Å². The number of aliphatic hydroxyl groups is 1. The van der Waals surface area contributed by atoms with E-state index in [1.807, 2.05) is 0 Å². The van der Waals surface area contributed by atoms with Gasteiger partial charge in [0, 0.05) is 27.2 Å². The number of fused-ring (bicyclic) bond motifs is 1. The molecule has 1 fully saturated rings. The first-order valence-electron chi connectivity index (χ1n) is 13.9. The number of aliphatic imine (C=N–C) groups is 1. The Labute approximate surface area is 245 Å². The number of nitrogens with one attached hydrogen (secondary N) is 2. The lowest BCUT2D eigenvalue weighted by Gasteiger charge is -2.40. The molecule has 2 amide bonds. The molecule has 3 rings (SSSR count). The van der Waals surface area contributed by atoms with Gasteiger partial charge in [-0.15, -0.1) is 0 Å². The third-order valence-corrected chi connectivity index (χ3v) is 6.26. The number of esters is 1. The van der Waals surface area contributed by atoms with Crippen molar-refractivity contribution in [1.82, 2.24) is 19.8 Å². The van der Waals surface area contributed by atoms with Crippen molar-refractivity contribution < 1.29 is 33.7 Å². The highest BCUT2D eigenvalue weighted by atomic mass is 16.6. The molecule has 234 valence electrons. The van der Waals surface area contributed by atoms with Crippen LogP contribution in [-0.4, -0.2) is 112 Å². The van der Waals surface area contributed by atoms with E-state index in [9.17, 15) is 24.3 Å². The summed E-state index contributed by atoms with van der Waals surface area (Å²) in [6, 6.07) is -1.96. The number of nitrogens with zero attached hydrogens (tertiary/aromatic N) is 5. The second-order valence-electron chi connectivity index (χ2n) is 12.6. The fraction of sp³-hybridized carbons (Fsp3) is 0.704. The van der Waals surface area contributed by atoms with Crippen molar-refractivity contribution in [3.63, 3.8) is 0 Å². The minimum absolute atomic E-state index is 0.0106. The normalized spacial score (nSPS) is 20.4. The number of hydrogen-bond acceptors (Lipinski definition) is 11. The molecule has 2 aliphatic heterocycles. The quantitative estimate of drug-likeness (QED) is 0.191. The summed E-state index contributed by atoms with van der Waals surface area (Å²) >= 11 is 0. The number of carbonyl (C=O) groups excluding carboxylic acids is 3. The number of hydrogen-bond donors (Lipinski definition) is 3. The Hall–Kier alpha value is -3.88. The molecule has 15 heteroatoms. The molecule has 1 aromatic rings. The van der Waals surface area contributed by atoms with Gasteiger partial charge in [0.1, 0.15) is 29.5 Å². The van der Waals surface area contributed by atoms with Gasteiger partial charge in [0.15, 0.2) is 11.5 Å². The average molecular weight is 594 g/mol. The second-order valence-corrected chi connectivity index (χ2v) is 12.6. The summed E-state index contributed by atoms with van der Waals surface area (Å²) in [6.07, 6.45) is -1.68. The Morgan fingerprint density at radius 3 is 2.33 bits per heavy atom. The van der Waals surface area contributed by atoms with Crippen LogP contribution in [0.4, 0.5) is 27.0 Å². The van der Waals surface area contributed by atoms with Crippen LogP contribution in [0, 0.1) is 0 Å². The van der Waals surface area contributed by atoms with Crippen LogP contribution >= 0.6 is 0 Å². The predicted octanol–water partition coefficient (Wildman–Crippen LogP) is 2.22. The molecule has 3 heterocycles. The SMILES string of the molecule is CC(OC(=O)C1CCCN1C(=O)OC(C)(C)C)C(O)C1CNc2nc(N=CN(C)C)[nH]c(=O)c2N1C(=O)OC(C)(C)C. The summed E-state index contributed by atoms with van der Waals surface area (Å²) in [5.74, 6) is -0.625. The number of likely N-dealkylation sites (tertiary alicyclic amines) is 1. The maximum absolute atomic E-state index is 13.4. The third-order valence-electron chi connectivity index (χ3n) is 6.26. The zero-order valence-electron chi connectivity index (χ0n) is 25.8. The molecule has 0 aliphatic carbocycles. The number of aromatic amines is 1. The van der Waals surface area contributed by atoms with Gasteiger partial charge in [-0.3, -0.25) is 19.6 Å². The molecule has 3 N–H and O–H groups in total. The first-order chi connectivity index (χ1) is 19.4. The molecular weight excluding hydrogens is 550 g/mol. The van der Waals surface area contributed by atoms with E-state index in [1.54, 1.807) is 60.5 Å². The van der Waals surface area contributed by atoms with Crippen molar-refractivity contribution in [2.24, 2.45) is 4.99 Å². The summed E-state index contributed by atoms with van der Waals surface area (Å²) < 4.78 is 16.6. The molecule has 0 aromatic carbocycles. The maximum Gasteiger partial charge on any atom is 0.415 e. The highest BCUT2D eigenvalue weighted by Crippen LogP contribution is 2.31. The van der Waals surface area contributed by atoms with E-state index in [-0.39, 0.29) is 24.0 Å². The monoisotopic (exact) mass is 593 g/mol. The zero-order valence-corrected chi connectivity index (χ0v) is 25.8. The van der Waals surface area contributed by atoms with Crippen LogP contribution < -0.4 is 15.8 Å². The molecular formula is C27H43N7O8. The Bertz CT molecular complexity index is 1250. The first kappa shape index (κ1) is 32.6. The van der Waals surface area contributed by atoms with Gasteiger partial charge in [0.2, 0.25) is 5.95 Å². The molecule has 2 aliphatic rings. The van der Waals surface area contributed by atoms with Crippen LogP contribution in [-0.2, 0) is 19.0 Å². The second kappa shape index (κ2) is 12.5. The summed E-state index contributed by atoms with van der Waals surface area (Å²) in [7, 11) is 3.51. The molecule has 4 unspecified atom stereocenters. The summed E-state index contributed by atoms with van der Waals surface area (Å²) in [5.41, 5.74) is -2.52. The van der Waals surface area contributed by atoms with Crippen molar-refractivity contribution in [3.05, 3.63) is 10.4 Å². The van der Waals surface area contributed by atoms with E-state index < -0.39 is 59.2 Å². The van der Waals surface area contributed by atoms with Crippen LogP contribution in [0.3, 0.4) is 0 Å². The number of H-pyrrole nitrogens is 1. The highest BCUT2D eigenvalue weighted by Gasteiger charge is 2.44. The topological polar surface area (TPSA) is 179 Å². The van der Waals surface area contributed by atoms with Gasteiger partial charge in [-0.2, -0.15) is 4.98 Å². The van der Waals surface area contributed by atoms with E-state index in [2.05, 4.69) is 20.3 Å². The van der Waals surface area contributed by atoms with Crippen LogP contribution in [0.25, 0.3) is 0 Å². The fourth-order valence-corrected chi connectivity index (χ4v) is 4.50. The van der Waals surface area contributed by atoms with E-state index in [0.717, 1.165) is 4.90 Å². The molecule has 0 bridgehead atoms. The van der Waals surface area contributed by atoms with E-state index >= 15 is 0 Å². The highest BCUT2D eigenvalue weighted by molar-refractivity contribution is 5.93. The van der Waals surface area contributed by atoms with Crippen LogP contribution in [0.1, 0.15) is 61.3 Å². The summed E-state index contributed by atoms with van der Waals surface area (Å²) in [4.78, 5) is 67.4. The van der Waals surface area contributed by atoms with Crippen molar-refractivity contribution in [2.45, 2.75) is 96.8 Å². The Balaban J connectivity index is 1.86. The molecule has 4 atom stereocenters. The molecule has 42 heavy (non-hydrogen) atoms. The first-order valence-corrected chi connectivity index (χ1v) is 13.9. The zero-order chi connectivity index (χ0) is 31.6. The van der Waals surface area contributed by atoms with Gasteiger partial charge in [0.05, 0.1) is 12.4 Å². The molecule has 0 spiro atoms. The number of aliphatic hydroxyl groups excluding tert-OH is 1. The fourth-order valence-electron chi connectivity index (χ4n) is 4.50. The standard InChI is InChI=1S/C27H43N7O8/c1-15(40-22(37)16-11-10-12-33(16)24(38)41-26(2,3)4)19(35)17-13-28-20-18(34(17)25(39)42-27(5,6)7)21(36)31-23(30-20)29-14-32(8)9/h14-17,19,35H,10-13H2,1-9H3,(H2,28,30,31,36). The van der Waals surface area contributed by atoms with Crippen molar-refractivity contribution in [3.8, 4) is 0 Å². The van der Waals surface area contributed by atoms with Gasteiger partial charge in [-0.05, 0) is 61.3 Å². The predicted molar refractivity (Wildman–Crippen MR) is 155 cm³/mol. The minimum Gasteiger partial charge on any atom is -0.458 e. The van der Waals surface area contributed by atoms with E-state index in [0.29, 0.717) is 19.4 Å². The van der Waals surface area contributed by atoms with Gasteiger partial charge < -0.3 is 29.5 Å². The van der Waals surface area contributed by atoms with Crippen LogP contribution in [0.15, 0.2) is 9.79 Å². The third kappa shape index (κ3) is 8.11. The number of rotatable bonds is 6. The Morgan fingerprint density at radius 1 is 1.12 bits per heavy atom. The van der Waals surface area contributed by atoms with Gasteiger partial charge in [-0.25, -0.2) is 19.4 Å². The number of anilines is 2. The number of ether oxygens (including phenoxy) is 3.